The summed E-state index contributed by atoms with van der Waals surface area (Å²) < 4.78 is 14.7. The first-order chi connectivity index (χ1) is 16.0. The summed E-state index contributed by atoms with van der Waals surface area (Å²) in [6.45, 7) is 2.29. The SMILES string of the molecule is CCNC(=O)Nc1nc2c(-c3ncccc3F)cc(-c3ccc(C(O)C4CC4)nc3)cc2[nH]1. The molecule has 4 aromatic rings. The smallest absolute Gasteiger partial charge is 0.321 e. The molecular formula is C24H23FN6O2. The number of halogens is 1. The van der Waals surface area contributed by atoms with E-state index in [0.29, 0.717) is 34.8 Å². The summed E-state index contributed by atoms with van der Waals surface area (Å²) in [6.07, 6.45) is 4.72. The highest BCUT2D eigenvalue weighted by molar-refractivity contribution is 5.98. The molecule has 1 unspecified atom stereocenters. The molecule has 1 saturated carbocycles. The molecule has 0 bridgehead atoms. The van der Waals surface area contributed by atoms with Gasteiger partial charge < -0.3 is 15.4 Å². The third-order valence-electron chi connectivity index (χ3n) is 5.66. The maximum Gasteiger partial charge on any atom is 0.321 e. The quantitative estimate of drug-likeness (QED) is 0.350. The van der Waals surface area contributed by atoms with Crippen LogP contribution in [0.25, 0.3) is 33.4 Å². The van der Waals surface area contributed by atoms with Crippen LogP contribution < -0.4 is 10.6 Å². The van der Waals surface area contributed by atoms with Gasteiger partial charge in [-0.25, -0.2) is 14.2 Å². The second-order valence-corrected chi connectivity index (χ2v) is 8.08. The zero-order valence-electron chi connectivity index (χ0n) is 18.0. The van der Waals surface area contributed by atoms with Crippen molar-refractivity contribution in [1.29, 1.82) is 0 Å². The van der Waals surface area contributed by atoms with Crippen molar-refractivity contribution in [2.75, 3.05) is 11.9 Å². The Morgan fingerprint density at radius 1 is 1.24 bits per heavy atom. The average Bonchev–Trinajstić information content (AvgIpc) is 3.59. The Kier molecular flexibility index (Phi) is 5.47. The first-order valence-corrected chi connectivity index (χ1v) is 10.9. The number of hydrogen-bond donors (Lipinski definition) is 4. The number of pyridine rings is 2. The van der Waals surface area contributed by atoms with Crippen molar-refractivity contribution in [1.82, 2.24) is 25.3 Å². The van der Waals surface area contributed by atoms with Gasteiger partial charge in [0.1, 0.15) is 17.0 Å². The number of amides is 2. The lowest BCUT2D eigenvalue weighted by atomic mass is 10.00. The predicted molar refractivity (Wildman–Crippen MR) is 123 cm³/mol. The van der Waals surface area contributed by atoms with Crippen molar-refractivity contribution in [3.8, 4) is 22.4 Å². The van der Waals surface area contributed by atoms with Crippen LogP contribution in [0.15, 0.2) is 48.8 Å². The van der Waals surface area contributed by atoms with Gasteiger partial charge in [0.25, 0.3) is 0 Å². The van der Waals surface area contributed by atoms with E-state index in [4.69, 9.17) is 0 Å². The maximum atomic E-state index is 14.7. The van der Waals surface area contributed by atoms with Gasteiger partial charge in [0.2, 0.25) is 5.95 Å². The van der Waals surface area contributed by atoms with E-state index < -0.39 is 18.0 Å². The summed E-state index contributed by atoms with van der Waals surface area (Å²) in [4.78, 5) is 28.2. The molecule has 4 N–H and O–H groups in total. The van der Waals surface area contributed by atoms with Crippen molar-refractivity contribution in [2.24, 2.45) is 5.92 Å². The summed E-state index contributed by atoms with van der Waals surface area (Å²) in [5.74, 6) is 0.0594. The number of aliphatic hydroxyl groups excluding tert-OH is 1. The fourth-order valence-corrected chi connectivity index (χ4v) is 3.82. The predicted octanol–water partition coefficient (Wildman–Crippen LogP) is 4.41. The summed E-state index contributed by atoms with van der Waals surface area (Å²) >= 11 is 0. The molecule has 9 heteroatoms. The number of rotatable bonds is 6. The summed E-state index contributed by atoms with van der Waals surface area (Å²) in [5.41, 5.74) is 3.97. The topological polar surface area (TPSA) is 116 Å². The molecule has 2 amide bonds. The molecule has 1 aliphatic carbocycles. The first-order valence-electron chi connectivity index (χ1n) is 10.9. The summed E-state index contributed by atoms with van der Waals surface area (Å²) in [7, 11) is 0. The van der Waals surface area contributed by atoms with E-state index in [1.807, 2.05) is 25.1 Å². The molecule has 3 heterocycles. The van der Waals surface area contributed by atoms with Crippen LogP contribution in [0.4, 0.5) is 15.1 Å². The van der Waals surface area contributed by atoms with Gasteiger partial charge in [0, 0.05) is 30.1 Å². The minimum atomic E-state index is -0.546. The van der Waals surface area contributed by atoms with Crippen LogP contribution in [0, 0.1) is 11.7 Å². The number of carbonyl (C=O) groups is 1. The van der Waals surface area contributed by atoms with Gasteiger partial charge in [-0.2, -0.15) is 0 Å². The molecule has 0 spiro atoms. The van der Waals surface area contributed by atoms with Crippen molar-refractivity contribution < 1.29 is 14.3 Å². The third-order valence-corrected chi connectivity index (χ3v) is 5.66. The molecule has 0 radical (unpaired) electrons. The third kappa shape index (κ3) is 4.27. The molecule has 8 nitrogen and oxygen atoms in total. The van der Waals surface area contributed by atoms with Crippen LogP contribution in [-0.4, -0.2) is 37.6 Å². The molecular weight excluding hydrogens is 423 g/mol. The lowest BCUT2D eigenvalue weighted by Crippen LogP contribution is -2.28. The normalized spacial score (nSPS) is 14.3. The number of benzene rings is 1. The molecule has 1 atom stereocenters. The molecule has 3 aromatic heterocycles. The van der Waals surface area contributed by atoms with E-state index in [1.165, 1.54) is 18.3 Å². The minimum absolute atomic E-state index is 0.161. The van der Waals surface area contributed by atoms with Gasteiger partial charge >= 0.3 is 6.03 Å². The zero-order chi connectivity index (χ0) is 22.9. The first kappa shape index (κ1) is 21.0. The molecule has 5 rings (SSSR count). The van der Waals surface area contributed by atoms with Crippen LogP contribution in [0.3, 0.4) is 0 Å². The van der Waals surface area contributed by atoms with Crippen LogP contribution in [-0.2, 0) is 0 Å². The van der Waals surface area contributed by atoms with Gasteiger partial charge in [-0.15, -0.1) is 0 Å². The van der Waals surface area contributed by atoms with Crippen molar-refractivity contribution in [2.45, 2.75) is 25.9 Å². The zero-order valence-corrected chi connectivity index (χ0v) is 18.0. The number of anilines is 1. The Hall–Kier alpha value is -3.85. The van der Waals surface area contributed by atoms with E-state index in [0.717, 1.165) is 24.0 Å². The Morgan fingerprint density at radius 3 is 2.79 bits per heavy atom. The number of aliphatic hydroxyl groups is 1. The van der Waals surface area contributed by atoms with E-state index in [1.54, 1.807) is 12.3 Å². The van der Waals surface area contributed by atoms with E-state index in [-0.39, 0.29) is 11.6 Å². The fourth-order valence-electron chi connectivity index (χ4n) is 3.82. The Balaban J connectivity index is 1.59. The molecule has 0 saturated heterocycles. The number of hydrogen-bond acceptors (Lipinski definition) is 5. The van der Waals surface area contributed by atoms with Crippen LogP contribution in [0.2, 0.25) is 0 Å². The maximum absolute atomic E-state index is 14.7. The average molecular weight is 446 g/mol. The van der Waals surface area contributed by atoms with E-state index in [9.17, 15) is 14.3 Å². The number of carbonyl (C=O) groups excluding carboxylic acids is 1. The number of nitrogens with one attached hydrogen (secondary N) is 3. The number of H-pyrrole nitrogens is 1. The highest BCUT2D eigenvalue weighted by Gasteiger charge is 2.31. The second-order valence-electron chi connectivity index (χ2n) is 8.08. The molecule has 0 aliphatic heterocycles. The monoisotopic (exact) mass is 446 g/mol. The van der Waals surface area contributed by atoms with Crippen molar-refractivity contribution in [3.05, 3.63) is 60.3 Å². The minimum Gasteiger partial charge on any atom is -0.387 e. The van der Waals surface area contributed by atoms with E-state index >= 15 is 0 Å². The van der Waals surface area contributed by atoms with Crippen molar-refractivity contribution >= 4 is 23.0 Å². The van der Waals surface area contributed by atoms with Gasteiger partial charge in [-0.1, -0.05) is 6.07 Å². The largest absolute Gasteiger partial charge is 0.387 e. The molecule has 1 fully saturated rings. The Labute approximate surface area is 189 Å². The molecule has 1 aromatic carbocycles. The summed E-state index contributed by atoms with van der Waals surface area (Å²) in [5, 5.41) is 15.6. The highest BCUT2D eigenvalue weighted by Crippen LogP contribution is 2.40. The number of aromatic amines is 1. The van der Waals surface area contributed by atoms with Gasteiger partial charge in [-0.3, -0.25) is 15.3 Å². The van der Waals surface area contributed by atoms with Gasteiger partial charge in [-0.05, 0) is 61.6 Å². The molecule has 33 heavy (non-hydrogen) atoms. The lowest BCUT2D eigenvalue weighted by Gasteiger charge is -2.10. The number of fused-ring (bicyclic) bond motifs is 1. The van der Waals surface area contributed by atoms with Crippen LogP contribution in [0.5, 0.6) is 0 Å². The molecule has 1 aliphatic rings. The lowest BCUT2D eigenvalue weighted by molar-refractivity contribution is 0.149. The van der Waals surface area contributed by atoms with Crippen LogP contribution in [0.1, 0.15) is 31.6 Å². The summed E-state index contributed by atoms with van der Waals surface area (Å²) in [6, 6.07) is 9.85. The highest BCUT2D eigenvalue weighted by atomic mass is 19.1. The fraction of sp³-hybridized carbons (Fsp3) is 0.250. The number of nitrogens with zero attached hydrogens (tertiary/aromatic N) is 3. The van der Waals surface area contributed by atoms with Crippen molar-refractivity contribution in [3.63, 3.8) is 0 Å². The Morgan fingerprint density at radius 2 is 2.09 bits per heavy atom. The van der Waals surface area contributed by atoms with Gasteiger partial charge in [0.15, 0.2) is 0 Å². The second kappa shape index (κ2) is 8.59. The number of aromatic nitrogens is 4. The number of urea groups is 1. The Bertz CT molecular complexity index is 1320. The molecule has 168 valence electrons. The van der Waals surface area contributed by atoms with Gasteiger partial charge in [0.05, 0.1) is 17.3 Å². The van der Waals surface area contributed by atoms with Crippen LogP contribution >= 0.6 is 0 Å². The number of imidazole rings is 1. The standard InChI is InChI=1S/C24H23FN6O2/c1-2-26-24(33)31-23-29-19-11-15(14-7-8-18(28-12-14)22(32)13-5-6-13)10-16(21(19)30-23)20-17(25)4-3-9-27-20/h3-4,7-13,22,32H,2,5-6H2,1H3,(H3,26,29,30,31,33). The van der Waals surface area contributed by atoms with E-state index in [2.05, 4.69) is 30.6 Å².